The molecular formula is C9H8O4. The van der Waals surface area contributed by atoms with E-state index in [0.29, 0.717) is 5.56 Å². The lowest BCUT2D eigenvalue weighted by Gasteiger charge is -2.01. The first-order valence-corrected chi connectivity index (χ1v) is 3.59. The number of Topliss-reactive ketones (excluding diaryl/α,β-unsaturated/α-hetero) is 1. The van der Waals surface area contributed by atoms with Crippen LogP contribution in [-0.4, -0.2) is 22.0 Å². The van der Waals surface area contributed by atoms with E-state index in [1.54, 1.807) is 6.92 Å². The Kier molecular flexibility index (Phi) is 2.32. The first-order valence-electron chi connectivity index (χ1n) is 3.59. The second-order valence-corrected chi connectivity index (χ2v) is 2.63. The summed E-state index contributed by atoms with van der Waals surface area (Å²) in [7, 11) is 0. The van der Waals surface area contributed by atoms with Gasteiger partial charge in [-0.15, -0.1) is 0 Å². The first-order chi connectivity index (χ1) is 6.02. The highest BCUT2D eigenvalue weighted by Gasteiger charge is 2.16. The molecule has 0 aliphatic rings. The number of hydrogen-bond acceptors (Lipinski definition) is 3. The molecule has 4 heteroatoms. The molecule has 2 N–H and O–H groups in total. The van der Waals surface area contributed by atoms with Gasteiger partial charge in [0.05, 0.1) is 0 Å². The van der Waals surface area contributed by atoms with E-state index in [1.807, 2.05) is 0 Å². The predicted molar refractivity (Wildman–Crippen MR) is 44.8 cm³/mol. The summed E-state index contributed by atoms with van der Waals surface area (Å²) in [4.78, 5) is 21.3. The van der Waals surface area contributed by atoms with Crippen molar-refractivity contribution in [2.45, 2.75) is 6.92 Å². The molecule has 0 fully saturated rings. The van der Waals surface area contributed by atoms with Crippen molar-refractivity contribution in [1.82, 2.24) is 0 Å². The fourth-order valence-electron chi connectivity index (χ4n) is 1.02. The molecule has 1 rings (SSSR count). The van der Waals surface area contributed by atoms with Gasteiger partial charge in [-0.25, -0.2) is 4.79 Å². The van der Waals surface area contributed by atoms with Crippen LogP contribution in [0.2, 0.25) is 0 Å². The molecule has 0 aliphatic carbocycles. The maximum Gasteiger partial charge on any atom is 0.377 e. The Morgan fingerprint density at radius 2 is 1.92 bits per heavy atom. The van der Waals surface area contributed by atoms with E-state index in [2.05, 4.69) is 0 Å². The lowest BCUT2D eigenvalue weighted by molar-refractivity contribution is -0.131. The highest BCUT2D eigenvalue weighted by Crippen LogP contribution is 2.15. The molecule has 0 spiro atoms. The highest BCUT2D eigenvalue weighted by atomic mass is 16.4. The number of ketones is 1. The normalized spacial score (nSPS) is 9.62. The van der Waals surface area contributed by atoms with Crippen LogP contribution in [0.1, 0.15) is 15.9 Å². The van der Waals surface area contributed by atoms with Crippen LogP contribution in [0.25, 0.3) is 0 Å². The minimum Gasteiger partial charge on any atom is -0.508 e. The van der Waals surface area contributed by atoms with Gasteiger partial charge >= 0.3 is 5.97 Å². The van der Waals surface area contributed by atoms with E-state index in [-0.39, 0.29) is 11.3 Å². The Balaban J connectivity index is 3.16. The van der Waals surface area contributed by atoms with Crippen molar-refractivity contribution in [1.29, 1.82) is 0 Å². The molecule has 0 heterocycles. The Morgan fingerprint density at radius 3 is 2.38 bits per heavy atom. The number of carbonyl (C=O) groups excluding carboxylic acids is 1. The van der Waals surface area contributed by atoms with Crippen molar-refractivity contribution in [3.05, 3.63) is 29.3 Å². The number of aliphatic carboxylic acids is 1. The average Bonchev–Trinajstić information content (AvgIpc) is 2.03. The summed E-state index contributed by atoms with van der Waals surface area (Å²) >= 11 is 0. The first kappa shape index (κ1) is 9.25. The third-order valence-electron chi connectivity index (χ3n) is 1.65. The minimum absolute atomic E-state index is 0.0134. The van der Waals surface area contributed by atoms with Crippen LogP contribution in [0.15, 0.2) is 18.2 Å². The van der Waals surface area contributed by atoms with E-state index in [4.69, 9.17) is 10.2 Å². The summed E-state index contributed by atoms with van der Waals surface area (Å²) in [6, 6.07) is 3.92. The third-order valence-corrected chi connectivity index (χ3v) is 1.65. The predicted octanol–water partition coefficient (Wildman–Crippen LogP) is 0.968. The SMILES string of the molecule is Cc1cc(O)ccc1C(=O)C(=O)O. The van der Waals surface area contributed by atoms with Crippen LogP contribution in [0.3, 0.4) is 0 Å². The molecule has 0 aliphatic heterocycles. The van der Waals surface area contributed by atoms with Gasteiger partial charge in [-0.1, -0.05) is 0 Å². The zero-order valence-electron chi connectivity index (χ0n) is 6.94. The quantitative estimate of drug-likeness (QED) is 0.525. The topological polar surface area (TPSA) is 74.6 Å². The molecule has 1 aromatic carbocycles. The molecule has 0 unspecified atom stereocenters. The van der Waals surface area contributed by atoms with E-state index in [9.17, 15) is 9.59 Å². The van der Waals surface area contributed by atoms with Crippen LogP contribution in [0, 0.1) is 6.92 Å². The van der Waals surface area contributed by atoms with Gasteiger partial charge < -0.3 is 10.2 Å². The van der Waals surface area contributed by atoms with Gasteiger partial charge in [0.2, 0.25) is 0 Å². The van der Waals surface area contributed by atoms with Gasteiger partial charge in [-0.05, 0) is 30.7 Å². The number of aryl methyl sites for hydroxylation is 1. The Bertz CT molecular complexity index is 368. The van der Waals surface area contributed by atoms with Crippen LogP contribution in [-0.2, 0) is 4.79 Å². The van der Waals surface area contributed by atoms with Crippen LogP contribution >= 0.6 is 0 Å². The number of phenolic OH excluding ortho intramolecular Hbond substituents is 1. The van der Waals surface area contributed by atoms with Crippen molar-refractivity contribution in [2.24, 2.45) is 0 Å². The van der Waals surface area contributed by atoms with Gasteiger partial charge in [-0.2, -0.15) is 0 Å². The molecule has 1 aromatic rings. The largest absolute Gasteiger partial charge is 0.508 e. The standard InChI is InChI=1S/C9H8O4/c1-5-4-6(10)2-3-7(5)8(11)9(12)13/h2-4,10H,1H3,(H,12,13). The molecule has 68 valence electrons. The minimum atomic E-state index is -1.49. The number of hydrogen-bond donors (Lipinski definition) is 2. The zero-order valence-corrected chi connectivity index (χ0v) is 6.94. The summed E-state index contributed by atoms with van der Waals surface area (Å²) in [5, 5.41) is 17.4. The van der Waals surface area contributed by atoms with Crippen LogP contribution in [0.4, 0.5) is 0 Å². The van der Waals surface area contributed by atoms with Gasteiger partial charge in [0.1, 0.15) is 5.75 Å². The fourth-order valence-corrected chi connectivity index (χ4v) is 1.02. The summed E-state index contributed by atoms with van der Waals surface area (Å²) in [6.45, 7) is 1.57. The molecule has 0 atom stereocenters. The van der Waals surface area contributed by atoms with Crippen LogP contribution < -0.4 is 0 Å². The van der Waals surface area contributed by atoms with Crippen molar-refractivity contribution < 1.29 is 19.8 Å². The lowest BCUT2D eigenvalue weighted by atomic mass is 10.0. The lowest BCUT2D eigenvalue weighted by Crippen LogP contribution is -2.13. The monoisotopic (exact) mass is 180 g/mol. The number of aromatic hydroxyl groups is 1. The fraction of sp³-hybridized carbons (Fsp3) is 0.111. The summed E-state index contributed by atoms with van der Waals surface area (Å²) < 4.78 is 0. The number of phenols is 1. The number of carboxylic acid groups (broad SMARTS) is 1. The molecule has 13 heavy (non-hydrogen) atoms. The van der Waals surface area contributed by atoms with Crippen LogP contribution in [0.5, 0.6) is 5.75 Å². The Morgan fingerprint density at radius 1 is 1.31 bits per heavy atom. The molecule has 0 aromatic heterocycles. The molecule has 0 radical (unpaired) electrons. The Hall–Kier alpha value is -1.84. The van der Waals surface area contributed by atoms with E-state index >= 15 is 0 Å². The molecular weight excluding hydrogens is 172 g/mol. The van der Waals surface area contributed by atoms with E-state index in [0.717, 1.165) is 0 Å². The second-order valence-electron chi connectivity index (χ2n) is 2.63. The third kappa shape index (κ3) is 1.84. The van der Waals surface area contributed by atoms with E-state index < -0.39 is 11.8 Å². The molecule has 0 amide bonds. The van der Waals surface area contributed by atoms with Crippen molar-refractivity contribution in [3.63, 3.8) is 0 Å². The maximum absolute atomic E-state index is 11.0. The zero-order chi connectivity index (χ0) is 10.0. The number of carbonyl (C=O) groups is 2. The summed E-state index contributed by atoms with van der Waals surface area (Å²) in [6.07, 6.45) is 0. The molecule has 0 saturated carbocycles. The second kappa shape index (κ2) is 3.26. The summed E-state index contributed by atoms with van der Waals surface area (Å²) in [5.41, 5.74) is 0.553. The highest BCUT2D eigenvalue weighted by molar-refractivity contribution is 6.40. The van der Waals surface area contributed by atoms with Gasteiger partial charge in [-0.3, -0.25) is 4.79 Å². The molecule has 0 saturated heterocycles. The maximum atomic E-state index is 11.0. The molecule has 0 bridgehead atoms. The van der Waals surface area contributed by atoms with Gasteiger partial charge in [0.25, 0.3) is 5.78 Å². The van der Waals surface area contributed by atoms with E-state index in [1.165, 1.54) is 18.2 Å². The van der Waals surface area contributed by atoms with Crippen molar-refractivity contribution in [3.8, 4) is 5.75 Å². The number of carboxylic acids is 1. The number of rotatable bonds is 2. The van der Waals surface area contributed by atoms with Crippen molar-refractivity contribution >= 4 is 11.8 Å². The molecule has 4 nitrogen and oxygen atoms in total. The Labute approximate surface area is 74.4 Å². The van der Waals surface area contributed by atoms with Gasteiger partial charge in [0, 0.05) is 5.56 Å². The van der Waals surface area contributed by atoms with Gasteiger partial charge in [0.15, 0.2) is 0 Å². The summed E-state index contributed by atoms with van der Waals surface area (Å²) in [5.74, 6) is -2.44. The number of benzene rings is 1. The smallest absolute Gasteiger partial charge is 0.377 e. The average molecular weight is 180 g/mol. The van der Waals surface area contributed by atoms with Crippen molar-refractivity contribution in [2.75, 3.05) is 0 Å².